The molecule has 0 bridgehead atoms. The van der Waals surface area contributed by atoms with Gasteiger partial charge in [-0.05, 0) is 46.5 Å². The van der Waals surface area contributed by atoms with Crippen molar-refractivity contribution in [3.05, 3.63) is 125 Å². The third kappa shape index (κ3) is 5.82. The first kappa shape index (κ1) is 23.5. The smallest absolute Gasteiger partial charge is 0.309 e. The highest BCUT2D eigenvalue weighted by atomic mass is 16.4. The van der Waals surface area contributed by atoms with Crippen LogP contribution in [0.5, 0.6) is 0 Å². The Balaban J connectivity index is 1.68. The predicted octanol–water partition coefficient (Wildman–Crippen LogP) is 5.47. The van der Waals surface area contributed by atoms with Gasteiger partial charge in [0.25, 0.3) is 5.91 Å². The van der Waals surface area contributed by atoms with Crippen LogP contribution in [-0.4, -0.2) is 23.0 Å². The first-order valence-electron chi connectivity index (χ1n) is 11.3. The maximum atomic E-state index is 13.4. The normalized spacial score (nSPS) is 12.7. The maximum absolute atomic E-state index is 13.4. The first-order chi connectivity index (χ1) is 17.0. The van der Waals surface area contributed by atoms with Crippen molar-refractivity contribution in [2.24, 2.45) is 5.92 Å². The molecule has 4 aromatic rings. The molecule has 4 rings (SSSR count). The van der Waals surface area contributed by atoms with Gasteiger partial charge in [-0.25, -0.2) is 0 Å². The topological polar surface area (TPSA) is 90.2 Å². The monoisotopic (exact) mass is 460 g/mol. The lowest BCUT2D eigenvalue weighted by Crippen LogP contribution is -2.43. The second kappa shape index (κ2) is 11.0. The Morgan fingerprint density at radius 3 is 2.40 bits per heavy atom. The molecule has 0 fully saturated rings. The number of rotatable bonds is 8. The molecule has 0 spiro atoms. The fourth-order valence-electron chi connectivity index (χ4n) is 4.10. The minimum Gasteiger partial charge on any atom is -0.481 e. The van der Waals surface area contributed by atoms with Crippen LogP contribution >= 0.6 is 0 Å². The van der Waals surface area contributed by atoms with Crippen LogP contribution in [0, 0.1) is 17.2 Å². The summed E-state index contributed by atoms with van der Waals surface area (Å²) in [5.41, 5.74) is 2.56. The molecule has 0 aliphatic heterocycles. The summed E-state index contributed by atoms with van der Waals surface area (Å²) in [4.78, 5) is 25.8. The van der Waals surface area contributed by atoms with Crippen molar-refractivity contribution in [2.75, 3.05) is 0 Å². The molecule has 2 atom stereocenters. The summed E-state index contributed by atoms with van der Waals surface area (Å²) in [7, 11) is 0. The summed E-state index contributed by atoms with van der Waals surface area (Å²) in [6.07, 6.45) is 3.70. The minimum absolute atomic E-state index is 0.157. The molecule has 0 saturated carbocycles. The number of carbonyl (C=O) groups excluding carboxylic acids is 1. The molecular weight excluding hydrogens is 436 g/mol. The fraction of sp³-hybridized carbons (Fsp3) is 0.100. The average molecular weight is 461 g/mol. The molecule has 0 aliphatic carbocycles. The van der Waals surface area contributed by atoms with Crippen molar-refractivity contribution in [2.45, 2.75) is 12.5 Å². The molecule has 0 aromatic heterocycles. The molecule has 172 valence electrons. The van der Waals surface area contributed by atoms with Crippen LogP contribution in [0.2, 0.25) is 0 Å². The highest BCUT2D eigenvalue weighted by Gasteiger charge is 2.29. The Labute approximate surface area is 204 Å². The van der Waals surface area contributed by atoms with E-state index in [0.717, 1.165) is 16.3 Å². The van der Waals surface area contributed by atoms with Crippen LogP contribution in [0.1, 0.15) is 27.0 Å². The van der Waals surface area contributed by atoms with E-state index in [-0.39, 0.29) is 12.3 Å². The summed E-state index contributed by atoms with van der Waals surface area (Å²) < 4.78 is 0. The molecule has 0 heterocycles. The molecule has 35 heavy (non-hydrogen) atoms. The molecule has 5 heteroatoms. The van der Waals surface area contributed by atoms with Crippen molar-refractivity contribution < 1.29 is 14.7 Å². The zero-order valence-electron chi connectivity index (χ0n) is 19.0. The van der Waals surface area contributed by atoms with E-state index in [0.29, 0.717) is 16.7 Å². The van der Waals surface area contributed by atoms with Gasteiger partial charge >= 0.3 is 5.97 Å². The van der Waals surface area contributed by atoms with E-state index in [4.69, 9.17) is 0 Å². The quantitative estimate of drug-likeness (QED) is 0.365. The lowest BCUT2D eigenvalue weighted by Gasteiger charge is -2.23. The average Bonchev–Trinajstić information content (AvgIpc) is 2.90. The van der Waals surface area contributed by atoms with Crippen molar-refractivity contribution in [3.8, 4) is 6.07 Å². The van der Waals surface area contributed by atoms with E-state index in [1.807, 2.05) is 72.8 Å². The summed E-state index contributed by atoms with van der Waals surface area (Å²) >= 11 is 0. The van der Waals surface area contributed by atoms with Crippen LogP contribution in [0.4, 0.5) is 0 Å². The van der Waals surface area contributed by atoms with Gasteiger partial charge in [0.2, 0.25) is 0 Å². The minimum atomic E-state index is -1.03. The summed E-state index contributed by atoms with van der Waals surface area (Å²) in [6.45, 7) is 0. The Hall–Kier alpha value is -4.69. The van der Waals surface area contributed by atoms with Gasteiger partial charge in [-0.2, -0.15) is 5.26 Å². The van der Waals surface area contributed by atoms with E-state index in [1.165, 1.54) is 0 Å². The van der Waals surface area contributed by atoms with Gasteiger partial charge < -0.3 is 10.4 Å². The van der Waals surface area contributed by atoms with Gasteiger partial charge in [-0.3, -0.25) is 9.59 Å². The lowest BCUT2D eigenvalue weighted by molar-refractivity contribution is -0.142. The molecular formula is C30H24N2O3. The van der Waals surface area contributed by atoms with Crippen molar-refractivity contribution in [1.82, 2.24) is 5.32 Å². The number of hydrogen-bond donors (Lipinski definition) is 2. The highest BCUT2D eigenvalue weighted by Crippen LogP contribution is 2.21. The van der Waals surface area contributed by atoms with Gasteiger partial charge in [0, 0.05) is 5.56 Å². The second-order valence-corrected chi connectivity index (χ2v) is 8.26. The van der Waals surface area contributed by atoms with Gasteiger partial charge in [0.1, 0.15) is 0 Å². The van der Waals surface area contributed by atoms with E-state index in [2.05, 4.69) is 11.4 Å². The van der Waals surface area contributed by atoms with Crippen molar-refractivity contribution in [3.63, 3.8) is 0 Å². The lowest BCUT2D eigenvalue weighted by atomic mass is 9.90. The third-order valence-corrected chi connectivity index (χ3v) is 5.89. The number of carboxylic acid groups (broad SMARTS) is 1. The number of aliphatic carboxylic acids is 1. The van der Waals surface area contributed by atoms with Crippen LogP contribution < -0.4 is 5.32 Å². The predicted molar refractivity (Wildman–Crippen MR) is 137 cm³/mol. The Morgan fingerprint density at radius 1 is 0.914 bits per heavy atom. The molecule has 4 aromatic carbocycles. The molecule has 0 aliphatic rings. The van der Waals surface area contributed by atoms with Crippen LogP contribution in [-0.2, 0) is 11.2 Å². The zero-order valence-corrected chi connectivity index (χ0v) is 19.0. The van der Waals surface area contributed by atoms with E-state index in [1.54, 1.807) is 36.4 Å². The largest absolute Gasteiger partial charge is 0.481 e. The van der Waals surface area contributed by atoms with Gasteiger partial charge in [-0.1, -0.05) is 91.0 Å². The van der Waals surface area contributed by atoms with Gasteiger partial charge in [-0.15, -0.1) is 0 Å². The fourth-order valence-corrected chi connectivity index (χ4v) is 4.10. The number of carbonyl (C=O) groups is 2. The molecule has 2 N–H and O–H groups in total. The summed E-state index contributed by atoms with van der Waals surface area (Å²) in [5, 5.41) is 24.0. The van der Waals surface area contributed by atoms with Gasteiger partial charge in [0.05, 0.1) is 23.6 Å². The van der Waals surface area contributed by atoms with Crippen LogP contribution in [0.3, 0.4) is 0 Å². The SMILES string of the molecule is N#Cc1cccc(C[C@@H](C(=O)O)[C@@H](/C=C/c2ccccc2)NC(=O)c2cccc3ccccc23)c1. The molecule has 0 saturated heterocycles. The third-order valence-electron chi connectivity index (χ3n) is 5.89. The van der Waals surface area contributed by atoms with Crippen LogP contribution in [0.15, 0.2) is 103 Å². The maximum Gasteiger partial charge on any atom is 0.309 e. The van der Waals surface area contributed by atoms with Gasteiger partial charge in [0.15, 0.2) is 0 Å². The number of hydrogen-bond acceptors (Lipinski definition) is 3. The number of nitriles is 1. The molecule has 0 radical (unpaired) electrons. The Bertz CT molecular complexity index is 1420. The number of benzene rings is 4. The standard InChI is InChI=1S/C30H24N2O3/c31-20-23-11-6-10-22(18-23)19-27(30(34)35)28(17-16-21-8-2-1-3-9-21)32-29(33)26-15-7-13-24-12-4-5-14-25(24)26/h1-18,27-28H,19H2,(H,32,33)(H,34,35)/b17-16+/t27-,28-/m1/s1. The Morgan fingerprint density at radius 2 is 1.63 bits per heavy atom. The van der Waals surface area contributed by atoms with Crippen LogP contribution in [0.25, 0.3) is 16.8 Å². The Kier molecular flexibility index (Phi) is 7.34. The van der Waals surface area contributed by atoms with E-state index >= 15 is 0 Å². The summed E-state index contributed by atoms with van der Waals surface area (Å²) in [5.74, 6) is -2.32. The molecule has 0 unspecified atom stereocenters. The summed E-state index contributed by atoms with van der Waals surface area (Å²) in [6, 6.07) is 30.8. The number of nitrogens with zero attached hydrogens (tertiary/aromatic N) is 1. The highest BCUT2D eigenvalue weighted by molar-refractivity contribution is 6.07. The second-order valence-electron chi connectivity index (χ2n) is 8.26. The molecule has 1 amide bonds. The molecule has 5 nitrogen and oxygen atoms in total. The number of carboxylic acids is 1. The first-order valence-corrected chi connectivity index (χ1v) is 11.3. The van der Waals surface area contributed by atoms with Crippen molar-refractivity contribution >= 4 is 28.7 Å². The van der Waals surface area contributed by atoms with E-state index in [9.17, 15) is 20.0 Å². The number of nitrogens with one attached hydrogen (secondary N) is 1. The number of fused-ring (bicyclic) bond motifs is 1. The van der Waals surface area contributed by atoms with E-state index < -0.39 is 17.9 Å². The zero-order chi connectivity index (χ0) is 24.6. The van der Waals surface area contributed by atoms with Crippen molar-refractivity contribution in [1.29, 1.82) is 5.26 Å². The number of amides is 1.